The minimum Gasteiger partial charge on any atom is -0.497 e. The lowest BCUT2D eigenvalue weighted by Gasteiger charge is -2.12. The average Bonchev–Trinajstić information content (AvgIpc) is 2.58. The molecule has 0 aliphatic carbocycles. The number of nitrogens with zero attached hydrogens (tertiary/aromatic N) is 3. The minimum absolute atomic E-state index is 0.521. The van der Waals surface area contributed by atoms with Crippen LogP contribution in [0, 0.1) is 6.92 Å². The Morgan fingerprint density at radius 2 is 1.72 bits per heavy atom. The fraction of sp³-hybridized carbons (Fsp3) is 0.444. The number of benzene rings is 1. The van der Waals surface area contributed by atoms with E-state index < -0.39 is 0 Å². The van der Waals surface area contributed by atoms with E-state index in [4.69, 9.17) is 9.47 Å². The minimum atomic E-state index is 0.521. The van der Waals surface area contributed by atoms with Crippen LogP contribution < -0.4 is 20.1 Å². The third-order valence-corrected chi connectivity index (χ3v) is 3.43. The molecular formula is C18H27N5O2. The molecule has 0 saturated carbocycles. The summed E-state index contributed by atoms with van der Waals surface area (Å²) in [4.78, 5) is 11.0. The Labute approximate surface area is 149 Å². The van der Waals surface area contributed by atoms with Crippen LogP contribution in [0.15, 0.2) is 30.3 Å². The summed E-state index contributed by atoms with van der Waals surface area (Å²) in [5.41, 5.74) is 0.918. The molecular weight excluding hydrogens is 318 g/mol. The Kier molecular flexibility index (Phi) is 7.28. The molecule has 0 aliphatic heterocycles. The first-order valence-corrected chi connectivity index (χ1v) is 8.32. The van der Waals surface area contributed by atoms with Crippen LogP contribution in [0.2, 0.25) is 0 Å². The molecule has 0 spiro atoms. The molecule has 2 rings (SSSR count). The summed E-state index contributed by atoms with van der Waals surface area (Å²) in [6.07, 6.45) is 0. The molecule has 25 heavy (non-hydrogen) atoms. The summed E-state index contributed by atoms with van der Waals surface area (Å²) in [5, 5.41) is 6.50. The van der Waals surface area contributed by atoms with Crippen molar-refractivity contribution >= 4 is 11.8 Å². The van der Waals surface area contributed by atoms with Crippen LogP contribution in [-0.2, 0) is 0 Å². The zero-order valence-corrected chi connectivity index (χ0v) is 15.4. The summed E-state index contributed by atoms with van der Waals surface area (Å²) in [5.74, 6) is 3.05. The topological polar surface area (TPSA) is 71.5 Å². The van der Waals surface area contributed by atoms with E-state index in [0.717, 1.165) is 36.1 Å². The van der Waals surface area contributed by atoms with E-state index >= 15 is 0 Å². The standard InChI is InChI=1S/C18H27N5O2/c1-14-13-17(19-9-11-23(2)3)22-18(21-14)20-10-12-25-16-7-5-15(24-4)6-8-16/h5-8,13H,9-12H2,1-4H3,(H2,19,20,21,22). The molecule has 0 atom stereocenters. The Hall–Kier alpha value is -2.54. The molecule has 2 aromatic rings. The smallest absolute Gasteiger partial charge is 0.224 e. The number of hydrogen-bond acceptors (Lipinski definition) is 7. The fourth-order valence-electron chi connectivity index (χ4n) is 2.15. The first kappa shape index (κ1) is 18.8. The molecule has 0 unspecified atom stereocenters. The van der Waals surface area contributed by atoms with Crippen molar-refractivity contribution in [3.05, 3.63) is 36.0 Å². The quantitative estimate of drug-likeness (QED) is 0.640. The van der Waals surface area contributed by atoms with E-state index in [0.29, 0.717) is 19.1 Å². The van der Waals surface area contributed by atoms with Crippen LogP contribution >= 0.6 is 0 Å². The van der Waals surface area contributed by atoms with E-state index in [1.54, 1.807) is 7.11 Å². The van der Waals surface area contributed by atoms with E-state index in [1.807, 2.05) is 51.4 Å². The van der Waals surface area contributed by atoms with Crippen LogP contribution in [0.4, 0.5) is 11.8 Å². The van der Waals surface area contributed by atoms with Gasteiger partial charge in [0.2, 0.25) is 5.95 Å². The Morgan fingerprint density at radius 1 is 1.00 bits per heavy atom. The maximum atomic E-state index is 5.68. The molecule has 1 aromatic heterocycles. The molecule has 0 aliphatic rings. The van der Waals surface area contributed by atoms with Gasteiger partial charge in [-0.1, -0.05) is 0 Å². The first-order valence-electron chi connectivity index (χ1n) is 8.32. The van der Waals surface area contributed by atoms with Crippen molar-refractivity contribution in [2.75, 3.05) is 58.1 Å². The maximum absolute atomic E-state index is 5.68. The van der Waals surface area contributed by atoms with Crippen molar-refractivity contribution in [3.63, 3.8) is 0 Å². The SMILES string of the molecule is COc1ccc(OCCNc2nc(C)cc(NCCN(C)C)n2)cc1. The van der Waals surface area contributed by atoms with Gasteiger partial charge in [0.1, 0.15) is 23.9 Å². The zero-order chi connectivity index (χ0) is 18.1. The largest absolute Gasteiger partial charge is 0.497 e. The third-order valence-electron chi connectivity index (χ3n) is 3.43. The molecule has 0 bridgehead atoms. The van der Waals surface area contributed by atoms with Crippen molar-refractivity contribution in [3.8, 4) is 11.5 Å². The monoisotopic (exact) mass is 345 g/mol. The van der Waals surface area contributed by atoms with E-state index in [-0.39, 0.29) is 0 Å². The van der Waals surface area contributed by atoms with Gasteiger partial charge in [-0.3, -0.25) is 0 Å². The molecule has 0 saturated heterocycles. The van der Waals surface area contributed by atoms with Crippen LogP contribution in [0.25, 0.3) is 0 Å². The lowest BCUT2D eigenvalue weighted by atomic mass is 10.3. The van der Waals surface area contributed by atoms with Crippen molar-refractivity contribution in [2.45, 2.75) is 6.92 Å². The van der Waals surface area contributed by atoms with Crippen molar-refractivity contribution < 1.29 is 9.47 Å². The van der Waals surface area contributed by atoms with Crippen molar-refractivity contribution in [1.82, 2.24) is 14.9 Å². The van der Waals surface area contributed by atoms with Gasteiger partial charge in [0, 0.05) is 24.8 Å². The second kappa shape index (κ2) is 9.68. The van der Waals surface area contributed by atoms with Gasteiger partial charge < -0.3 is 25.0 Å². The molecule has 0 radical (unpaired) electrons. The highest BCUT2D eigenvalue weighted by Crippen LogP contribution is 2.16. The summed E-state index contributed by atoms with van der Waals surface area (Å²) >= 11 is 0. The highest BCUT2D eigenvalue weighted by molar-refractivity contribution is 5.42. The number of rotatable bonds is 10. The number of methoxy groups -OCH3 is 1. The molecule has 136 valence electrons. The van der Waals surface area contributed by atoms with Gasteiger partial charge in [-0.25, -0.2) is 4.98 Å². The normalized spacial score (nSPS) is 10.6. The second-order valence-electron chi connectivity index (χ2n) is 5.90. The van der Waals surface area contributed by atoms with E-state index in [2.05, 4.69) is 25.5 Å². The summed E-state index contributed by atoms with van der Waals surface area (Å²) in [7, 11) is 5.73. The highest BCUT2D eigenvalue weighted by Gasteiger charge is 2.02. The predicted molar refractivity (Wildman–Crippen MR) is 101 cm³/mol. The van der Waals surface area contributed by atoms with Gasteiger partial charge in [0.05, 0.1) is 13.7 Å². The summed E-state index contributed by atoms with van der Waals surface area (Å²) in [6.45, 7) is 4.88. The maximum Gasteiger partial charge on any atom is 0.224 e. The fourth-order valence-corrected chi connectivity index (χ4v) is 2.15. The van der Waals surface area contributed by atoms with Crippen molar-refractivity contribution in [1.29, 1.82) is 0 Å². The van der Waals surface area contributed by atoms with E-state index in [1.165, 1.54) is 0 Å². The van der Waals surface area contributed by atoms with Crippen LogP contribution in [0.3, 0.4) is 0 Å². The number of anilines is 2. The Morgan fingerprint density at radius 3 is 2.40 bits per heavy atom. The molecule has 7 heteroatoms. The average molecular weight is 345 g/mol. The molecule has 0 fully saturated rings. The Bertz CT molecular complexity index is 646. The van der Waals surface area contributed by atoms with Gasteiger partial charge in [0.25, 0.3) is 0 Å². The van der Waals surface area contributed by atoms with Gasteiger partial charge in [0.15, 0.2) is 0 Å². The molecule has 2 N–H and O–H groups in total. The van der Waals surface area contributed by atoms with Crippen LogP contribution in [-0.4, -0.2) is 62.3 Å². The predicted octanol–water partition coefficient (Wildman–Crippen LogP) is 2.26. The highest BCUT2D eigenvalue weighted by atomic mass is 16.5. The number of nitrogens with one attached hydrogen (secondary N) is 2. The van der Waals surface area contributed by atoms with Crippen molar-refractivity contribution in [2.24, 2.45) is 0 Å². The lowest BCUT2D eigenvalue weighted by molar-refractivity contribution is 0.331. The van der Waals surface area contributed by atoms with Gasteiger partial charge >= 0.3 is 0 Å². The molecule has 7 nitrogen and oxygen atoms in total. The van der Waals surface area contributed by atoms with Crippen LogP contribution in [0.1, 0.15) is 5.69 Å². The Balaban J connectivity index is 1.78. The molecule has 1 heterocycles. The second-order valence-corrected chi connectivity index (χ2v) is 5.90. The summed E-state index contributed by atoms with van der Waals surface area (Å²) in [6, 6.07) is 9.45. The number of ether oxygens (including phenoxy) is 2. The molecule has 0 amide bonds. The lowest BCUT2D eigenvalue weighted by Crippen LogP contribution is -2.21. The third kappa shape index (κ3) is 6.84. The van der Waals surface area contributed by atoms with Gasteiger partial charge in [-0.15, -0.1) is 0 Å². The number of hydrogen-bond donors (Lipinski definition) is 2. The number of aryl methyl sites for hydroxylation is 1. The first-order chi connectivity index (χ1) is 12.1. The molecule has 1 aromatic carbocycles. The van der Waals surface area contributed by atoms with Crippen LogP contribution in [0.5, 0.6) is 11.5 Å². The van der Waals surface area contributed by atoms with Gasteiger partial charge in [-0.05, 0) is 45.3 Å². The number of aromatic nitrogens is 2. The summed E-state index contributed by atoms with van der Waals surface area (Å²) < 4.78 is 10.8. The number of likely N-dealkylation sites (N-methyl/N-ethyl adjacent to an activating group) is 1. The van der Waals surface area contributed by atoms with E-state index in [9.17, 15) is 0 Å². The zero-order valence-electron chi connectivity index (χ0n) is 15.4. The van der Waals surface area contributed by atoms with Gasteiger partial charge in [-0.2, -0.15) is 4.98 Å².